The summed E-state index contributed by atoms with van der Waals surface area (Å²) in [5, 5.41) is 3.88. The molecule has 0 saturated carbocycles. The van der Waals surface area contributed by atoms with Crippen LogP contribution in [-0.2, 0) is 20.9 Å². The van der Waals surface area contributed by atoms with Crippen molar-refractivity contribution in [2.75, 3.05) is 57.5 Å². The van der Waals surface area contributed by atoms with Gasteiger partial charge in [-0.2, -0.15) is 0 Å². The summed E-state index contributed by atoms with van der Waals surface area (Å²) in [7, 11) is 1.68. The van der Waals surface area contributed by atoms with Gasteiger partial charge in [0.05, 0.1) is 29.9 Å². The van der Waals surface area contributed by atoms with Gasteiger partial charge in [0.25, 0.3) is 0 Å². The van der Waals surface area contributed by atoms with Gasteiger partial charge in [0, 0.05) is 45.5 Å². The van der Waals surface area contributed by atoms with Gasteiger partial charge in [-0.15, -0.1) is 0 Å². The van der Waals surface area contributed by atoms with Crippen molar-refractivity contribution in [1.29, 1.82) is 0 Å². The smallest absolute Gasteiger partial charge is 0.238 e. The summed E-state index contributed by atoms with van der Waals surface area (Å²) >= 11 is 1.47. The predicted octanol–water partition coefficient (Wildman–Crippen LogP) is 3.17. The normalized spacial score (nSPS) is 14.4. The molecule has 1 aliphatic rings. The van der Waals surface area contributed by atoms with Crippen molar-refractivity contribution >= 4 is 40.3 Å². The molecule has 3 aromatic rings. The fourth-order valence-electron chi connectivity index (χ4n) is 4.33. The van der Waals surface area contributed by atoms with Crippen LogP contribution in [0.15, 0.2) is 47.6 Å². The van der Waals surface area contributed by atoms with E-state index in [4.69, 9.17) is 9.72 Å². The fourth-order valence-corrected chi connectivity index (χ4v) is 5.27. The molecule has 1 fully saturated rings. The Morgan fingerprint density at radius 2 is 1.74 bits per heavy atom. The highest BCUT2D eigenvalue weighted by atomic mass is 32.2. The maximum absolute atomic E-state index is 12.9. The Morgan fingerprint density at radius 1 is 1.03 bits per heavy atom. The van der Waals surface area contributed by atoms with Crippen LogP contribution in [-0.4, -0.2) is 83.4 Å². The minimum Gasteiger partial charge on any atom is -0.383 e. The molecule has 9 heteroatoms. The highest BCUT2D eigenvalue weighted by Crippen LogP contribution is 2.24. The SMILES string of the molecule is COCCn1c(SCC(=O)N2CCN(CC(=O)Nc3c(C)cccc3C)CC2)nc2ccccc21. The molecule has 1 saturated heterocycles. The van der Waals surface area contributed by atoms with Gasteiger partial charge in [-0.25, -0.2) is 4.98 Å². The summed E-state index contributed by atoms with van der Waals surface area (Å²) in [4.78, 5) is 34.2. The van der Waals surface area contributed by atoms with Crippen LogP contribution in [0.5, 0.6) is 0 Å². The number of aromatic nitrogens is 2. The van der Waals surface area contributed by atoms with Crippen LogP contribution in [0.3, 0.4) is 0 Å². The molecular formula is C26H33N5O3S. The zero-order valence-electron chi connectivity index (χ0n) is 20.6. The molecule has 2 amide bonds. The Bertz CT molecular complexity index is 1170. The Morgan fingerprint density at radius 3 is 2.46 bits per heavy atom. The van der Waals surface area contributed by atoms with Gasteiger partial charge in [0.1, 0.15) is 0 Å². The number of aryl methyl sites for hydroxylation is 2. The molecule has 0 unspecified atom stereocenters. The fraction of sp³-hybridized carbons (Fsp3) is 0.423. The zero-order valence-corrected chi connectivity index (χ0v) is 21.4. The van der Waals surface area contributed by atoms with E-state index in [0.717, 1.165) is 33.0 Å². The molecule has 35 heavy (non-hydrogen) atoms. The summed E-state index contributed by atoms with van der Waals surface area (Å²) in [5.74, 6) is 0.413. The molecular weight excluding hydrogens is 462 g/mol. The highest BCUT2D eigenvalue weighted by molar-refractivity contribution is 7.99. The van der Waals surface area contributed by atoms with Crippen molar-refractivity contribution in [2.24, 2.45) is 0 Å². The molecule has 0 atom stereocenters. The zero-order chi connectivity index (χ0) is 24.8. The van der Waals surface area contributed by atoms with E-state index in [2.05, 4.69) is 14.8 Å². The van der Waals surface area contributed by atoms with Crippen LogP contribution < -0.4 is 5.32 Å². The molecule has 1 aliphatic heterocycles. The lowest BCUT2D eigenvalue weighted by Crippen LogP contribution is -2.51. The summed E-state index contributed by atoms with van der Waals surface area (Å²) in [6.45, 7) is 8.21. The molecule has 0 aliphatic carbocycles. The lowest BCUT2D eigenvalue weighted by atomic mass is 10.1. The maximum atomic E-state index is 12.9. The molecule has 0 spiro atoms. The molecule has 1 N–H and O–H groups in total. The van der Waals surface area contributed by atoms with Gasteiger partial charge >= 0.3 is 0 Å². The number of amides is 2. The Kier molecular flexibility index (Phi) is 8.43. The topological polar surface area (TPSA) is 79.7 Å². The first-order valence-electron chi connectivity index (χ1n) is 11.9. The van der Waals surface area contributed by atoms with Crippen molar-refractivity contribution in [2.45, 2.75) is 25.5 Å². The van der Waals surface area contributed by atoms with Gasteiger partial charge in [0.2, 0.25) is 11.8 Å². The van der Waals surface area contributed by atoms with Gasteiger partial charge < -0.3 is 19.5 Å². The molecule has 186 valence electrons. The highest BCUT2D eigenvalue weighted by Gasteiger charge is 2.23. The van der Waals surface area contributed by atoms with Crippen LogP contribution in [0.25, 0.3) is 11.0 Å². The molecule has 1 aromatic heterocycles. The number of benzene rings is 2. The minimum absolute atomic E-state index is 0.0207. The molecule has 0 bridgehead atoms. The number of nitrogens with one attached hydrogen (secondary N) is 1. The first-order valence-corrected chi connectivity index (χ1v) is 12.9. The predicted molar refractivity (Wildman–Crippen MR) is 140 cm³/mol. The molecule has 8 nitrogen and oxygen atoms in total. The number of ether oxygens (including phenoxy) is 1. The Hall–Kier alpha value is -2.88. The standard InChI is InChI=1S/C26H33N5O3S/c1-19-7-6-8-20(2)25(19)28-23(32)17-29-11-13-30(14-12-29)24(33)18-35-26-27-21-9-4-5-10-22(21)31(26)15-16-34-3/h4-10H,11-18H2,1-3H3,(H,28,32). The van der Waals surface area contributed by atoms with Crippen molar-refractivity contribution in [1.82, 2.24) is 19.4 Å². The van der Waals surface area contributed by atoms with E-state index in [9.17, 15) is 9.59 Å². The van der Waals surface area contributed by atoms with E-state index in [1.54, 1.807) is 7.11 Å². The van der Waals surface area contributed by atoms with Gasteiger partial charge in [-0.3, -0.25) is 14.5 Å². The number of fused-ring (bicyclic) bond motifs is 1. The Labute approximate surface area is 210 Å². The van der Waals surface area contributed by atoms with Gasteiger partial charge in [0.15, 0.2) is 5.16 Å². The first-order chi connectivity index (χ1) is 17.0. The van der Waals surface area contributed by atoms with E-state index >= 15 is 0 Å². The first kappa shape index (κ1) is 25.2. The number of thioether (sulfide) groups is 1. The van der Waals surface area contributed by atoms with Crippen molar-refractivity contribution < 1.29 is 14.3 Å². The van der Waals surface area contributed by atoms with E-state index in [1.165, 1.54) is 11.8 Å². The van der Waals surface area contributed by atoms with Crippen LogP contribution in [0.4, 0.5) is 5.69 Å². The van der Waals surface area contributed by atoms with Crippen molar-refractivity contribution in [3.63, 3.8) is 0 Å². The van der Waals surface area contributed by atoms with E-state index < -0.39 is 0 Å². The quantitative estimate of drug-likeness (QED) is 0.460. The monoisotopic (exact) mass is 495 g/mol. The number of carbonyl (C=O) groups excluding carboxylic acids is 2. The molecule has 4 rings (SSSR count). The lowest BCUT2D eigenvalue weighted by Gasteiger charge is -2.34. The summed E-state index contributed by atoms with van der Waals surface area (Å²) in [6.07, 6.45) is 0. The number of carbonyl (C=O) groups is 2. The maximum Gasteiger partial charge on any atom is 0.238 e. The second-order valence-corrected chi connectivity index (χ2v) is 9.73. The Balaban J connectivity index is 1.27. The summed E-state index contributed by atoms with van der Waals surface area (Å²) in [6, 6.07) is 14.0. The van der Waals surface area contributed by atoms with E-state index in [0.29, 0.717) is 51.6 Å². The summed E-state index contributed by atoms with van der Waals surface area (Å²) in [5.41, 5.74) is 4.97. The van der Waals surface area contributed by atoms with Crippen LogP contribution in [0.2, 0.25) is 0 Å². The van der Waals surface area contributed by atoms with Crippen LogP contribution >= 0.6 is 11.8 Å². The third kappa shape index (κ3) is 6.22. The average Bonchev–Trinajstić information content (AvgIpc) is 3.21. The number of para-hydroxylation sites is 3. The molecule has 2 heterocycles. The number of imidazole rings is 1. The van der Waals surface area contributed by atoms with Crippen LogP contribution in [0.1, 0.15) is 11.1 Å². The lowest BCUT2D eigenvalue weighted by molar-refractivity contribution is -0.130. The van der Waals surface area contributed by atoms with Crippen molar-refractivity contribution in [3.05, 3.63) is 53.6 Å². The second kappa shape index (κ2) is 11.7. The van der Waals surface area contributed by atoms with Crippen molar-refractivity contribution in [3.8, 4) is 0 Å². The molecule has 2 aromatic carbocycles. The number of nitrogens with zero attached hydrogens (tertiary/aromatic N) is 4. The largest absolute Gasteiger partial charge is 0.383 e. The molecule has 0 radical (unpaired) electrons. The van der Waals surface area contributed by atoms with Gasteiger partial charge in [-0.1, -0.05) is 42.1 Å². The van der Waals surface area contributed by atoms with Crippen LogP contribution in [0, 0.1) is 13.8 Å². The number of hydrogen-bond acceptors (Lipinski definition) is 6. The third-order valence-electron chi connectivity index (χ3n) is 6.30. The number of piperazine rings is 1. The van der Waals surface area contributed by atoms with E-state index in [-0.39, 0.29) is 11.8 Å². The minimum atomic E-state index is -0.0207. The average molecular weight is 496 g/mol. The summed E-state index contributed by atoms with van der Waals surface area (Å²) < 4.78 is 7.37. The van der Waals surface area contributed by atoms with Gasteiger partial charge in [-0.05, 0) is 37.1 Å². The number of anilines is 1. The second-order valence-electron chi connectivity index (χ2n) is 8.79. The number of methoxy groups -OCH3 is 1. The number of hydrogen-bond donors (Lipinski definition) is 1. The third-order valence-corrected chi connectivity index (χ3v) is 7.26. The van der Waals surface area contributed by atoms with E-state index in [1.807, 2.05) is 61.2 Å². The number of rotatable bonds is 9.